The molecule has 0 radical (unpaired) electrons. The average molecular weight is 251 g/mol. The third-order valence-electron chi connectivity index (χ3n) is 2.76. The minimum Gasteiger partial charge on any atom is -0.396 e. The van der Waals surface area contributed by atoms with E-state index in [0.29, 0.717) is 18.5 Å². The van der Waals surface area contributed by atoms with E-state index in [4.69, 9.17) is 5.11 Å². The van der Waals surface area contributed by atoms with E-state index in [1.807, 2.05) is 13.8 Å². The van der Waals surface area contributed by atoms with Crippen molar-refractivity contribution in [3.63, 3.8) is 0 Å². The third-order valence-corrected chi connectivity index (χ3v) is 2.76. The molecule has 1 aromatic heterocycles. The molecule has 0 spiro atoms. The number of hydrogen-bond donors (Lipinski definition) is 2. The second kappa shape index (κ2) is 6.96. The number of hydrogen-bond acceptors (Lipinski definition) is 4. The van der Waals surface area contributed by atoms with Crippen molar-refractivity contribution in [2.75, 3.05) is 25.5 Å². The molecule has 0 saturated heterocycles. The summed E-state index contributed by atoms with van der Waals surface area (Å²) in [6.45, 7) is 4.58. The van der Waals surface area contributed by atoms with E-state index in [-0.39, 0.29) is 18.6 Å². The summed E-state index contributed by atoms with van der Waals surface area (Å²) in [5, 5.41) is 11.9. The molecule has 5 nitrogen and oxygen atoms in total. The van der Waals surface area contributed by atoms with Crippen LogP contribution in [0.1, 0.15) is 30.6 Å². The number of aromatic nitrogens is 1. The third kappa shape index (κ3) is 3.43. The lowest BCUT2D eigenvalue weighted by Gasteiger charge is -2.27. The highest BCUT2D eigenvalue weighted by Crippen LogP contribution is 2.16. The number of carbonyl (C=O) groups is 1. The Labute approximate surface area is 108 Å². The average Bonchev–Trinajstić information content (AvgIpc) is 2.38. The summed E-state index contributed by atoms with van der Waals surface area (Å²) in [6.07, 6.45) is 3.83. The Hall–Kier alpha value is -1.62. The van der Waals surface area contributed by atoms with Gasteiger partial charge in [0.1, 0.15) is 0 Å². The highest BCUT2D eigenvalue weighted by molar-refractivity contribution is 5.99. The minimum absolute atomic E-state index is 0.0369. The van der Waals surface area contributed by atoms with Crippen LogP contribution < -0.4 is 5.32 Å². The van der Waals surface area contributed by atoms with E-state index in [2.05, 4.69) is 10.3 Å². The molecule has 0 bridgehead atoms. The first-order valence-corrected chi connectivity index (χ1v) is 6.15. The molecule has 0 aliphatic heterocycles. The highest BCUT2D eigenvalue weighted by Gasteiger charge is 2.20. The maximum atomic E-state index is 12.4. The molecule has 1 aromatic rings. The van der Waals surface area contributed by atoms with Crippen molar-refractivity contribution in [2.24, 2.45) is 0 Å². The summed E-state index contributed by atoms with van der Waals surface area (Å²) in [7, 11) is 1.77. The molecule has 0 fully saturated rings. The molecule has 0 atom stereocenters. The molecule has 2 N–H and O–H groups in total. The molecule has 5 heteroatoms. The Morgan fingerprint density at radius 2 is 2.28 bits per heavy atom. The maximum absolute atomic E-state index is 12.4. The molecule has 0 saturated carbocycles. The molecule has 0 aliphatic rings. The normalized spacial score (nSPS) is 10.5. The van der Waals surface area contributed by atoms with Crippen molar-refractivity contribution in [1.82, 2.24) is 9.88 Å². The largest absolute Gasteiger partial charge is 0.396 e. The number of carbonyl (C=O) groups excluding carboxylic acids is 1. The second-order valence-electron chi connectivity index (χ2n) is 4.34. The fraction of sp³-hybridized carbons (Fsp3) is 0.538. The molecule has 18 heavy (non-hydrogen) atoms. The quantitative estimate of drug-likeness (QED) is 0.801. The zero-order valence-corrected chi connectivity index (χ0v) is 11.2. The lowest BCUT2D eigenvalue weighted by atomic mass is 10.1. The van der Waals surface area contributed by atoms with Gasteiger partial charge in [0.05, 0.1) is 17.4 Å². The SMILES string of the molecule is CNc1cnccc1C(=O)N(CCCO)C(C)C. The van der Waals surface area contributed by atoms with Crippen LogP contribution in [-0.4, -0.2) is 47.1 Å². The van der Waals surface area contributed by atoms with Crippen molar-refractivity contribution in [1.29, 1.82) is 0 Å². The fourth-order valence-electron chi connectivity index (χ4n) is 1.77. The first-order valence-electron chi connectivity index (χ1n) is 6.15. The van der Waals surface area contributed by atoms with Crippen molar-refractivity contribution in [3.8, 4) is 0 Å². The molecule has 0 aliphatic carbocycles. The monoisotopic (exact) mass is 251 g/mol. The Morgan fingerprint density at radius 3 is 2.83 bits per heavy atom. The standard InChI is InChI=1S/C13H21N3O2/c1-10(2)16(7-4-8-17)13(18)11-5-6-15-9-12(11)14-3/h5-6,9-10,14,17H,4,7-8H2,1-3H3. The van der Waals surface area contributed by atoms with Gasteiger partial charge in [0.15, 0.2) is 0 Å². The van der Waals surface area contributed by atoms with Gasteiger partial charge in [0.2, 0.25) is 0 Å². The zero-order chi connectivity index (χ0) is 13.5. The number of aliphatic hydroxyl groups excluding tert-OH is 1. The van der Waals surface area contributed by atoms with Gasteiger partial charge in [-0.2, -0.15) is 0 Å². The molecule has 0 unspecified atom stereocenters. The van der Waals surface area contributed by atoms with Crippen molar-refractivity contribution in [3.05, 3.63) is 24.0 Å². The first kappa shape index (κ1) is 14.4. The van der Waals surface area contributed by atoms with Crippen molar-refractivity contribution in [2.45, 2.75) is 26.3 Å². The van der Waals surface area contributed by atoms with Gasteiger partial charge in [-0.1, -0.05) is 0 Å². The van der Waals surface area contributed by atoms with Gasteiger partial charge >= 0.3 is 0 Å². The summed E-state index contributed by atoms with van der Waals surface area (Å²) >= 11 is 0. The first-order chi connectivity index (χ1) is 8.61. The lowest BCUT2D eigenvalue weighted by Crippen LogP contribution is -2.38. The summed E-state index contributed by atoms with van der Waals surface area (Å²) < 4.78 is 0. The van der Waals surface area contributed by atoms with E-state index < -0.39 is 0 Å². The minimum atomic E-state index is -0.0369. The van der Waals surface area contributed by atoms with Gasteiger partial charge in [0.25, 0.3) is 5.91 Å². The maximum Gasteiger partial charge on any atom is 0.256 e. The van der Waals surface area contributed by atoms with Gasteiger partial charge in [-0.25, -0.2) is 0 Å². The predicted octanol–water partition coefficient (Wildman–Crippen LogP) is 1.36. The van der Waals surface area contributed by atoms with Crippen LogP contribution in [0.5, 0.6) is 0 Å². The van der Waals surface area contributed by atoms with Gasteiger partial charge in [0, 0.05) is 32.4 Å². The number of amides is 1. The predicted molar refractivity (Wildman–Crippen MR) is 71.7 cm³/mol. The number of aliphatic hydroxyl groups is 1. The summed E-state index contributed by atoms with van der Waals surface area (Å²) in [5.41, 5.74) is 1.33. The molecule has 1 rings (SSSR count). The van der Waals surface area contributed by atoms with Gasteiger partial charge in [-0.05, 0) is 26.3 Å². The van der Waals surface area contributed by atoms with Crippen LogP contribution in [0.15, 0.2) is 18.5 Å². The van der Waals surface area contributed by atoms with E-state index in [1.54, 1.807) is 30.4 Å². The van der Waals surface area contributed by atoms with Crippen LogP contribution in [0.4, 0.5) is 5.69 Å². The Kier molecular flexibility index (Phi) is 5.58. The molecule has 1 heterocycles. The van der Waals surface area contributed by atoms with Crippen molar-refractivity contribution < 1.29 is 9.90 Å². The number of anilines is 1. The van der Waals surface area contributed by atoms with Crippen LogP contribution in [0.2, 0.25) is 0 Å². The smallest absolute Gasteiger partial charge is 0.256 e. The Bertz CT molecular complexity index is 394. The number of nitrogens with zero attached hydrogens (tertiary/aromatic N) is 2. The molecule has 100 valence electrons. The van der Waals surface area contributed by atoms with Crippen LogP contribution in [0.3, 0.4) is 0 Å². The van der Waals surface area contributed by atoms with Gasteiger partial charge < -0.3 is 15.3 Å². The van der Waals surface area contributed by atoms with E-state index in [9.17, 15) is 4.79 Å². The lowest BCUT2D eigenvalue weighted by molar-refractivity contribution is 0.0694. The summed E-state index contributed by atoms with van der Waals surface area (Å²) in [5.74, 6) is -0.0369. The van der Waals surface area contributed by atoms with Gasteiger partial charge in [-0.3, -0.25) is 9.78 Å². The summed E-state index contributed by atoms with van der Waals surface area (Å²) in [6, 6.07) is 1.81. The van der Waals surface area contributed by atoms with E-state index >= 15 is 0 Å². The zero-order valence-electron chi connectivity index (χ0n) is 11.2. The molecular formula is C13H21N3O2. The van der Waals surface area contributed by atoms with Crippen LogP contribution in [0, 0.1) is 0 Å². The fourth-order valence-corrected chi connectivity index (χ4v) is 1.77. The highest BCUT2D eigenvalue weighted by atomic mass is 16.3. The topological polar surface area (TPSA) is 65.5 Å². The molecule has 0 aromatic carbocycles. The number of nitrogens with one attached hydrogen (secondary N) is 1. The Morgan fingerprint density at radius 1 is 1.56 bits per heavy atom. The van der Waals surface area contributed by atoms with E-state index in [0.717, 1.165) is 5.69 Å². The van der Waals surface area contributed by atoms with E-state index in [1.165, 1.54) is 0 Å². The molecule has 1 amide bonds. The van der Waals surface area contributed by atoms with Gasteiger partial charge in [-0.15, -0.1) is 0 Å². The molecular weight excluding hydrogens is 230 g/mol. The van der Waals surface area contributed by atoms with Crippen LogP contribution in [-0.2, 0) is 0 Å². The van der Waals surface area contributed by atoms with Crippen LogP contribution >= 0.6 is 0 Å². The number of pyridine rings is 1. The Balaban J connectivity index is 2.94. The van der Waals surface area contributed by atoms with Crippen LogP contribution in [0.25, 0.3) is 0 Å². The number of rotatable bonds is 6. The second-order valence-corrected chi connectivity index (χ2v) is 4.34. The van der Waals surface area contributed by atoms with Crippen molar-refractivity contribution >= 4 is 11.6 Å². The summed E-state index contributed by atoms with van der Waals surface area (Å²) in [4.78, 5) is 18.2.